The summed E-state index contributed by atoms with van der Waals surface area (Å²) in [4.78, 5) is 43.4. The number of hydrogen-bond acceptors (Lipinski definition) is 9. The number of anilines is 3. The molecule has 1 aromatic heterocycles. The molecule has 0 atom stereocenters. The Balaban J connectivity index is 1.12. The largest absolute Gasteiger partial charge is 0.488 e. The molecule has 0 spiro atoms. The van der Waals surface area contributed by atoms with Gasteiger partial charge in [0.05, 0.1) is 23.1 Å². The number of ether oxygens (including phenoxy) is 2. The fraction of sp³-hybridized carbons (Fsp3) is 0.333. The molecule has 3 fully saturated rings. The fourth-order valence-corrected chi connectivity index (χ4v) is 6.81. The molecule has 0 unspecified atom stereocenters. The maximum absolute atomic E-state index is 14.1. The lowest BCUT2D eigenvalue weighted by atomic mass is 9.90. The summed E-state index contributed by atoms with van der Waals surface area (Å²) in [7, 11) is 0. The van der Waals surface area contributed by atoms with Crippen LogP contribution >= 0.6 is 0 Å². The Morgan fingerprint density at radius 2 is 1.75 bits per heavy atom. The number of allylic oxidation sites excluding steroid dienone is 1. The van der Waals surface area contributed by atoms with Crippen molar-refractivity contribution in [2.45, 2.75) is 70.6 Å². The number of urea groups is 1. The van der Waals surface area contributed by atoms with Crippen molar-refractivity contribution in [1.82, 2.24) is 20.0 Å². The van der Waals surface area contributed by atoms with E-state index < -0.39 is 29.1 Å². The molecule has 52 heavy (non-hydrogen) atoms. The molecular weight excluding hydrogens is 665 g/mol. The summed E-state index contributed by atoms with van der Waals surface area (Å²) in [5.74, 6) is -0.288. The summed E-state index contributed by atoms with van der Waals surface area (Å²) in [6.45, 7) is 6.92. The van der Waals surface area contributed by atoms with Gasteiger partial charge in [0.25, 0.3) is 5.91 Å². The van der Waals surface area contributed by atoms with Crippen LogP contribution < -0.4 is 31.2 Å². The Labute approximate surface area is 301 Å². The lowest BCUT2D eigenvalue weighted by Gasteiger charge is -2.41. The third kappa shape index (κ3) is 6.71. The first kappa shape index (κ1) is 34.7. The summed E-state index contributed by atoms with van der Waals surface area (Å²) in [5, 5.41) is 7.07. The molecule has 270 valence electrons. The van der Waals surface area contributed by atoms with Gasteiger partial charge in [-0.15, -0.1) is 0 Å². The Morgan fingerprint density at radius 1 is 1.00 bits per heavy atom. The Bertz CT molecular complexity index is 2080. The Morgan fingerprint density at radius 3 is 2.40 bits per heavy atom. The zero-order valence-corrected chi connectivity index (χ0v) is 29.4. The molecule has 13 heteroatoms. The number of rotatable bonds is 10. The monoisotopic (exact) mass is 707 g/mol. The summed E-state index contributed by atoms with van der Waals surface area (Å²) in [6.07, 6.45) is 9.51. The van der Waals surface area contributed by atoms with Gasteiger partial charge in [-0.3, -0.25) is 9.59 Å². The zero-order valence-electron chi connectivity index (χ0n) is 29.4. The van der Waals surface area contributed by atoms with Gasteiger partial charge in [0.15, 0.2) is 17.3 Å². The van der Waals surface area contributed by atoms with Gasteiger partial charge in [-0.05, 0) is 107 Å². The summed E-state index contributed by atoms with van der Waals surface area (Å²) in [5.41, 5.74) is 14.2. The average molecular weight is 708 g/mol. The van der Waals surface area contributed by atoms with Crippen LogP contribution in [0.3, 0.4) is 0 Å². The number of nitrogen functional groups attached to an aromatic ring is 2. The second kappa shape index (κ2) is 13.8. The number of imide groups is 1. The minimum Gasteiger partial charge on any atom is -0.488 e. The first-order chi connectivity index (χ1) is 24.9. The minimum absolute atomic E-state index is 0.106. The number of carbonyl (C=O) groups excluding carboxylic acids is 3. The SMILES string of the molecule is Cc1cc(-n2ncc(C(=O)/C=C/c3cc(OC4CCN(C5CCC5)CC4)c(N4C(=O)NC(C)(C)C4=O)cc3N)c2N)ccc1Oc1ccccc1F. The van der Waals surface area contributed by atoms with E-state index in [0.29, 0.717) is 34.4 Å². The van der Waals surface area contributed by atoms with Crippen LogP contribution in [0.15, 0.2) is 66.9 Å². The van der Waals surface area contributed by atoms with Crippen LogP contribution in [0.5, 0.6) is 17.2 Å². The second-order valence-corrected chi connectivity index (χ2v) is 14.1. The first-order valence-electron chi connectivity index (χ1n) is 17.5. The van der Waals surface area contributed by atoms with E-state index in [-0.39, 0.29) is 34.6 Å². The van der Waals surface area contributed by atoms with Crippen molar-refractivity contribution >= 4 is 41.0 Å². The molecule has 5 N–H and O–H groups in total. The predicted octanol–water partition coefficient (Wildman–Crippen LogP) is 6.40. The number of likely N-dealkylation sites (tertiary alicyclic amines) is 1. The van der Waals surface area contributed by atoms with E-state index in [4.69, 9.17) is 20.9 Å². The van der Waals surface area contributed by atoms with Gasteiger partial charge in [-0.2, -0.15) is 5.10 Å². The van der Waals surface area contributed by atoms with Crippen LogP contribution in [0, 0.1) is 12.7 Å². The average Bonchev–Trinajstić information content (AvgIpc) is 3.56. The topological polar surface area (TPSA) is 158 Å². The van der Waals surface area contributed by atoms with Crippen molar-refractivity contribution in [2.24, 2.45) is 0 Å². The van der Waals surface area contributed by atoms with E-state index in [2.05, 4.69) is 15.3 Å². The number of aromatic nitrogens is 2. The normalized spacial score (nSPS) is 18.1. The zero-order chi connectivity index (χ0) is 36.7. The highest BCUT2D eigenvalue weighted by molar-refractivity contribution is 6.24. The molecule has 0 radical (unpaired) electrons. The van der Waals surface area contributed by atoms with Crippen LogP contribution in [-0.4, -0.2) is 63.2 Å². The Kier molecular flexibility index (Phi) is 9.22. The number of benzene rings is 3. The van der Waals surface area contributed by atoms with Gasteiger partial charge in [-0.1, -0.05) is 18.6 Å². The number of halogens is 1. The number of amides is 3. The standard InChI is InChI=1S/C39H42FN7O5/c1-23-19-26(12-14-33(23)52-34-10-5-4-9-29(34)40)47-36(42)28(22-43-47)32(48)13-11-24-20-35(51-27-15-17-45(18-16-27)25-7-6-8-25)31(21-30(24)41)46-37(49)39(2,3)44-38(46)50/h4-5,9-14,19-22,25,27H,6-8,15-18,41-42H2,1-3H3,(H,44,50)/b13-11+. The van der Waals surface area contributed by atoms with Gasteiger partial charge in [-0.25, -0.2) is 18.8 Å². The molecule has 1 aliphatic carbocycles. The highest BCUT2D eigenvalue weighted by Crippen LogP contribution is 2.39. The third-order valence-corrected chi connectivity index (χ3v) is 10.1. The van der Waals surface area contributed by atoms with Crippen molar-refractivity contribution in [1.29, 1.82) is 0 Å². The summed E-state index contributed by atoms with van der Waals surface area (Å²) in [6, 6.07) is 14.6. The predicted molar refractivity (Wildman–Crippen MR) is 196 cm³/mol. The molecule has 3 aromatic carbocycles. The van der Waals surface area contributed by atoms with Crippen molar-refractivity contribution in [3.05, 3.63) is 89.4 Å². The number of hydrogen-bond donors (Lipinski definition) is 3. The van der Waals surface area contributed by atoms with Crippen molar-refractivity contribution in [3.8, 4) is 22.9 Å². The van der Waals surface area contributed by atoms with Crippen molar-refractivity contribution in [3.63, 3.8) is 0 Å². The van der Waals surface area contributed by atoms with Gasteiger partial charge in [0.2, 0.25) is 0 Å². The maximum atomic E-state index is 14.1. The summed E-state index contributed by atoms with van der Waals surface area (Å²) >= 11 is 0. The quantitative estimate of drug-likeness (QED) is 0.0734. The molecule has 12 nitrogen and oxygen atoms in total. The molecule has 3 heterocycles. The number of nitrogens with two attached hydrogens (primary N) is 2. The van der Waals surface area contributed by atoms with Crippen molar-refractivity contribution in [2.75, 3.05) is 29.5 Å². The van der Waals surface area contributed by atoms with Gasteiger partial charge in [0.1, 0.15) is 29.0 Å². The lowest BCUT2D eigenvalue weighted by molar-refractivity contribution is -0.121. The number of nitrogens with zero attached hydrogens (tertiary/aromatic N) is 4. The van der Waals surface area contributed by atoms with E-state index in [9.17, 15) is 18.8 Å². The van der Waals surface area contributed by atoms with E-state index in [1.165, 1.54) is 48.3 Å². The van der Waals surface area contributed by atoms with Crippen molar-refractivity contribution < 1.29 is 28.2 Å². The van der Waals surface area contributed by atoms with Gasteiger partial charge in [0, 0.05) is 30.4 Å². The van der Waals surface area contributed by atoms with Gasteiger partial charge >= 0.3 is 6.03 Å². The minimum atomic E-state index is -1.09. The molecule has 2 saturated heterocycles. The first-order valence-corrected chi connectivity index (χ1v) is 17.5. The molecule has 1 saturated carbocycles. The molecule has 2 aliphatic heterocycles. The highest BCUT2D eigenvalue weighted by atomic mass is 19.1. The van der Waals surface area contributed by atoms with Crippen LogP contribution in [0.2, 0.25) is 0 Å². The second-order valence-electron chi connectivity index (χ2n) is 14.1. The number of carbonyl (C=O) groups is 3. The van der Waals surface area contributed by atoms with Crippen LogP contribution in [-0.2, 0) is 4.79 Å². The van der Waals surface area contributed by atoms with E-state index in [1.54, 1.807) is 62.4 Å². The maximum Gasteiger partial charge on any atom is 0.329 e. The van der Waals surface area contributed by atoms with Gasteiger partial charge < -0.3 is 31.2 Å². The highest BCUT2D eigenvalue weighted by Gasteiger charge is 2.46. The molecular formula is C39H42FN7O5. The number of piperidine rings is 1. The number of aryl methyl sites for hydroxylation is 1. The number of para-hydroxylation sites is 1. The van der Waals surface area contributed by atoms with Crippen LogP contribution in [0.4, 0.5) is 26.4 Å². The Hall–Kier alpha value is -5.69. The lowest BCUT2D eigenvalue weighted by Crippen LogP contribution is -2.47. The van der Waals surface area contributed by atoms with Crippen LogP contribution in [0.25, 0.3) is 11.8 Å². The fourth-order valence-electron chi connectivity index (χ4n) is 6.81. The van der Waals surface area contributed by atoms with E-state index in [0.717, 1.165) is 30.8 Å². The molecule has 3 aliphatic rings. The molecule has 3 amide bonds. The smallest absolute Gasteiger partial charge is 0.329 e. The molecule has 0 bridgehead atoms. The number of nitrogens with one attached hydrogen (secondary N) is 1. The number of ketones is 1. The molecule has 7 rings (SSSR count). The molecule has 4 aromatic rings. The van der Waals surface area contributed by atoms with E-state index >= 15 is 0 Å². The third-order valence-electron chi connectivity index (χ3n) is 10.1. The summed E-state index contributed by atoms with van der Waals surface area (Å²) < 4.78 is 27.8. The van der Waals surface area contributed by atoms with E-state index in [1.807, 2.05) is 6.92 Å². The van der Waals surface area contributed by atoms with Crippen LogP contribution in [0.1, 0.15) is 67.4 Å².